The lowest BCUT2D eigenvalue weighted by atomic mass is 10.2. The third-order valence-electron chi connectivity index (χ3n) is 4.28. The van der Waals surface area contributed by atoms with Crippen LogP contribution in [-0.2, 0) is 13.1 Å². The normalized spacial score (nSPS) is 14.6. The molecular weight excluding hydrogens is 292 g/mol. The molecule has 3 aromatic rings. The van der Waals surface area contributed by atoms with Gasteiger partial charge in [0.2, 0.25) is 0 Å². The zero-order chi connectivity index (χ0) is 14.9. The summed E-state index contributed by atoms with van der Waals surface area (Å²) >= 11 is 6.21. The van der Waals surface area contributed by atoms with Crippen LogP contribution < -0.4 is 5.32 Å². The van der Waals surface area contributed by atoms with Crippen LogP contribution in [0.15, 0.2) is 54.7 Å². The monoisotopic (exact) mass is 310 g/mol. The molecule has 4 rings (SSSR count). The predicted octanol–water partition coefficient (Wildman–Crippen LogP) is 4.60. The molecule has 1 aliphatic carbocycles. The molecule has 22 heavy (non-hydrogen) atoms. The number of halogens is 1. The fraction of sp³-hybridized carbons (Fsp3) is 0.263. The van der Waals surface area contributed by atoms with Crippen LogP contribution in [0.1, 0.15) is 24.0 Å². The van der Waals surface area contributed by atoms with Crippen molar-refractivity contribution in [2.24, 2.45) is 0 Å². The first kappa shape index (κ1) is 13.9. The zero-order valence-corrected chi connectivity index (χ0v) is 13.2. The second kappa shape index (κ2) is 5.79. The maximum absolute atomic E-state index is 6.21. The maximum atomic E-state index is 6.21. The highest BCUT2D eigenvalue weighted by Gasteiger charge is 2.21. The molecule has 112 valence electrons. The first-order valence-corrected chi connectivity index (χ1v) is 8.22. The number of nitrogens with one attached hydrogen (secondary N) is 1. The molecule has 0 atom stereocenters. The summed E-state index contributed by atoms with van der Waals surface area (Å²) in [6, 6.07) is 17.5. The van der Waals surface area contributed by atoms with Crippen molar-refractivity contribution in [1.29, 1.82) is 0 Å². The van der Waals surface area contributed by atoms with E-state index in [1.165, 1.54) is 34.9 Å². The van der Waals surface area contributed by atoms with Gasteiger partial charge >= 0.3 is 0 Å². The summed E-state index contributed by atoms with van der Waals surface area (Å²) in [4.78, 5) is 0. The number of hydrogen-bond acceptors (Lipinski definition) is 1. The lowest BCUT2D eigenvalue weighted by Crippen LogP contribution is -2.14. The summed E-state index contributed by atoms with van der Waals surface area (Å²) in [6.07, 6.45) is 4.90. The maximum Gasteiger partial charge on any atom is 0.0501 e. The first-order chi connectivity index (χ1) is 10.8. The molecule has 0 bridgehead atoms. The van der Waals surface area contributed by atoms with Crippen LogP contribution in [0.5, 0.6) is 0 Å². The van der Waals surface area contributed by atoms with Gasteiger partial charge in [-0.05, 0) is 36.1 Å². The van der Waals surface area contributed by atoms with E-state index >= 15 is 0 Å². The van der Waals surface area contributed by atoms with Gasteiger partial charge in [-0.15, -0.1) is 0 Å². The summed E-state index contributed by atoms with van der Waals surface area (Å²) in [5.74, 6) is 0. The minimum Gasteiger partial charge on any atom is -0.343 e. The highest BCUT2D eigenvalue weighted by atomic mass is 35.5. The molecule has 1 aliphatic rings. The molecule has 0 spiro atoms. The van der Waals surface area contributed by atoms with Crippen LogP contribution in [0.25, 0.3) is 10.9 Å². The van der Waals surface area contributed by atoms with Crippen molar-refractivity contribution >= 4 is 22.5 Å². The third kappa shape index (κ3) is 2.90. The highest BCUT2D eigenvalue weighted by molar-refractivity contribution is 6.31. The quantitative estimate of drug-likeness (QED) is 0.729. The third-order valence-corrected chi connectivity index (χ3v) is 4.52. The number of rotatable bonds is 5. The Bertz CT molecular complexity index is 788. The van der Waals surface area contributed by atoms with E-state index in [-0.39, 0.29) is 0 Å². The van der Waals surface area contributed by atoms with Crippen LogP contribution in [0.4, 0.5) is 0 Å². The molecule has 1 N–H and O–H groups in total. The van der Waals surface area contributed by atoms with Gasteiger partial charge in [-0.1, -0.05) is 48.0 Å². The smallest absolute Gasteiger partial charge is 0.0501 e. The lowest BCUT2D eigenvalue weighted by molar-refractivity contribution is 0.687. The largest absolute Gasteiger partial charge is 0.343 e. The Balaban J connectivity index is 1.70. The van der Waals surface area contributed by atoms with Gasteiger partial charge in [0.15, 0.2) is 0 Å². The van der Waals surface area contributed by atoms with Crippen molar-refractivity contribution in [3.63, 3.8) is 0 Å². The molecule has 1 saturated carbocycles. The molecule has 1 aromatic heterocycles. The molecule has 1 heterocycles. The van der Waals surface area contributed by atoms with E-state index < -0.39 is 0 Å². The molecule has 3 heteroatoms. The fourth-order valence-electron chi connectivity index (χ4n) is 2.93. The van der Waals surface area contributed by atoms with Crippen LogP contribution in [0.2, 0.25) is 5.02 Å². The zero-order valence-electron chi connectivity index (χ0n) is 12.4. The van der Waals surface area contributed by atoms with E-state index in [9.17, 15) is 0 Å². The van der Waals surface area contributed by atoms with E-state index in [0.29, 0.717) is 0 Å². The van der Waals surface area contributed by atoms with E-state index in [4.69, 9.17) is 11.6 Å². The van der Waals surface area contributed by atoms with E-state index in [0.717, 1.165) is 24.2 Å². The van der Waals surface area contributed by atoms with E-state index in [2.05, 4.69) is 58.5 Å². The Labute approximate surface area is 135 Å². The Kier molecular flexibility index (Phi) is 3.65. The summed E-state index contributed by atoms with van der Waals surface area (Å²) in [5, 5.41) is 5.70. The van der Waals surface area contributed by atoms with Crippen molar-refractivity contribution in [3.05, 3.63) is 70.9 Å². The van der Waals surface area contributed by atoms with Crippen molar-refractivity contribution < 1.29 is 0 Å². The van der Waals surface area contributed by atoms with Gasteiger partial charge in [0.05, 0.1) is 5.52 Å². The summed E-state index contributed by atoms with van der Waals surface area (Å²) in [5.41, 5.74) is 3.87. The Morgan fingerprint density at radius 3 is 2.68 bits per heavy atom. The number of benzene rings is 2. The molecular formula is C19H19ClN2. The molecule has 0 aliphatic heterocycles. The van der Waals surface area contributed by atoms with E-state index in [1.54, 1.807) is 0 Å². The van der Waals surface area contributed by atoms with Gasteiger partial charge < -0.3 is 9.88 Å². The number of fused-ring (bicyclic) bond motifs is 1. The molecule has 2 aromatic carbocycles. The number of nitrogens with zero attached hydrogens (tertiary/aromatic N) is 1. The van der Waals surface area contributed by atoms with Crippen LogP contribution in [0.3, 0.4) is 0 Å². The fourth-order valence-corrected chi connectivity index (χ4v) is 3.10. The Morgan fingerprint density at radius 1 is 1.09 bits per heavy atom. The van der Waals surface area contributed by atoms with Crippen molar-refractivity contribution in [1.82, 2.24) is 9.88 Å². The molecule has 0 amide bonds. The standard InChI is InChI=1S/C19H19ClN2/c20-16-6-9-18-15(11-21-17-7-8-17)13-22(19(18)10-16)12-14-4-2-1-3-5-14/h1-6,9-10,13,17,21H,7-8,11-12H2. The van der Waals surface area contributed by atoms with Gasteiger partial charge in [-0.2, -0.15) is 0 Å². The van der Waals surface area contributed by atoms with Gasteiger partial charge in [0, 0.05) is 35.7 Å². The second-order valence-corrected chi connectivity index (χ2v) is 6.52. The van der Waals surface area contributed by atoms with Gasteiger partial charge in [-0.25, -0.2) is 0 Å². The van der Waals surface area contributed by atoms with Gasteiger partial charge in [-0.3, -0.25) is 0 Å². The molecule has 0 unspecified atom stereocenters. The van der Waals surface area contributed by atoms with Gasteiger partial charge in [0.25, 0.3) is 0 Å². The summed E-state index contributed by atoms with van der Waals surface area (Å²) in [7, 11) is 0. The average Bonchev–Trinajstić information content (AvgIpc) is 3.30. The SMILES string of the molecule is Clc1ccc2c(CNC3CC3)cn(Cc3ccccc3)c2c1. The number of aromatic nitrogens is 1. The van der Waals surface area contributed by atoms with Crippen molar-refractivity contribution in [3.8, 4) is 0 Å². The second-order valence-electron chi connectivity index (χ2n) is 6.08. The van der Waals surface area contributed by atoms with Crippen LogP contribution in [-0.4, -0.2) is 10.6 Å². The molecule has 0 radical (unpaired) electrons. The minimum atomic E-state index is 0.722. The Morgan fingerprint density at radius 2 is 1.91 bits per heavy atom. The molecule has 0 saturated heterocycles. The van der Waals surface area contributed by atoms with Crippen LogP contribution in [0, 0.1) is 0 Å². The Hall–Kier alpha value is -1.77. The average molecular weight is 311 g/mol. The molecule has 1 fully saturated rings. The van der Waals surface area contributed by atoms with E-state index in [1.807, 2.05) is 6.07 Å². The van der Waals surface area contributed by atoms with Gasteiger partial charge in [0.1, 0.15) is 0 Å². The summed E-state index contributed by atoms with van der Waals surface area (Å²) < 4.78 is 2.31. The topological polar surface area (TPSA) is 17.0 Å². The van der Waals surface area contributed by atoms with Crippen molar-refractivity contribution in [2.45, 2.75) is 32.0 Å². The summed E-state index contributed by atoms with van der Waals surface area (Å²) in [6.45, 7) is 1.81. The number of hydrogen-bond donors (Lipinski definition) is 1. The first-order valence-electron chi connectivity index (χ1n) is 7.84. The lowest BCUT2D eigenvalue weighted by Gasteiger charge is -2.05. The van der Waals surface area contributed by atoms with Crippen LogP contribution >= 0.6 is 11.6 Å². The van der Waals surface area contributed by atoms with Crippen molar-refractivity contribution in [2.75, 3.05) is 0 Å². The highest BCUT2D eigenvalue weighted by Crippen LogP contribution is 2.27. The predicted molar refractivity (Wildman–Crippen MR) is 92.4 cm³/mol. The minimum absolute atomic E-state index is 0.722. The molecule has 2 nitrogen and oxygen atoms in total.